The molecule has 6 nitrogen and oxygen atoms in total. The number of fused-ring (bicyclic) bond motifs is 3. The van der Waals surface area contributed by atoms with Crippen LogP contribution in [0.3, 0.4) is 0 Å². The number of benzene rings is 2. The number of aromatic nitrogens is 1. The summed E-state index contributed by atoms with van der Waals surface area (Å²) in [6, 6.07) is 22.4. The SMILES string of the molecule is O=C(C[N+]12CCC(CC1)[C@@H](OC(=O)[C@H](Nc1ccccc1)c1ccccc1)C2)c1ccncc1. The summed E-state index contributed by atoms with van der Waals surface area (Å²) in [5, 5.41) is 3.35. The standard InChI is InChI=1S/C28H30N3O3/c32-25(21-11-15-29-16-12-21)19-31-17-13-22(14-18-31)26(20-31)34-28(33)27(23-7-3-1-4-8-23)30-24-9-5-2-6-10-24/h1-12,15-16,22,26-27,30H,13-14,17-20H2/q+1/t22?,26-,27+,31?/m0/s1. The van der Waals surface area contributed by atoms with Crippen molar-refractivity contribution in [3.05, 3.63) is 96.3 Å². The zero-order valence-electron chi connectivity index (χ0n) is 19.2. The molecule has 3 aliphatic heterocycles. The monoisotopic (exact) mass is 456 g/mol. The van der Waals surface area contributed by atoms with E-state index in [9.17, 15) is 9.59 Å². The number of Topliss-reactive ketones (excluding diaryl/α,β-unsaturated/α-hetero) is 1. The lowest BCUT2D eigenvalue weighted by molar-refractivity contribution is -0.938. The summed E-state index contributed by atoms with van der Waals surface area (Å²) >= 11 is 0. The summed E-state index contributed by atoms with van der Waals surface area (Å²) < 4.78 is 6.88. The first-order valence-electron chi connectivity index (χ1n) is 12.0. The number of para-hydroxylation sites is 1. The minimum Gasteiger partial charge on any atom is -0.454 e. The molecule has 2 aromatic carbocycles. The average Bonchev–Trinajstić information content (AvgIpc) is 2.89. The molecule has 0 unspecified atom stereocenters. The van der Waals surface area contributed by atoms with Crippen molar-refractivity contribution in [2.24, 2.45) is 5.92 Å². The number of hydrogen-bond acceptors (Lipinski definition) is 5. The topological polar surface area (TPSA) is 68.3 Å². The first kappa shape index (κ1) is 22.3. The number of nitrogens with one attached hydrogen (secondary N) is 1. The Bertz CT molecular complexity index is 1110. The van der Waals surface area contributed by atoms with Crippen LogP contribution in [-0.2, 0) is 9.53 Å². The highest BCUT2D eigenvalue weighted by atomic mass is 16.5. The fourth-order valence-electron chi connectivity index (χ4n) is 5.35. The normalized spacial score (nSPS) is 24.2. The van der Waals surface area contributed by atoms with Gasteiger partial charge in [0.2, 0.25) is 5.78 Å². The van der Waals surface area contributed by atoms with Crippen LogP contribution >= 0.6 is 0 Å². The van der Waals surface area contributed by atoms with E-state index >= 15 is 0 Å². The van der Waals surface area contributed by atoms with Crippen molar-refractivity contribution in [1.82, 2.24) is 4.98 Å². The van der Waals surface area contributed by atoms with Crippen molar-refractivity contribution < 1.29 is 18.8 Å². The highest BCUT2D eigenvalue weighted by molar-refractivity contribution is 5.96. The van der Waals surface area contributed by atoms with Gasteiger partial charge in [0.25, 0.3) is 0 Å². The van der Waals surface area contributed by atoms with Gasteiger partial charge >= 0.3 is 5.97 Å². The summed E-state index contributed by atoms with van der Waals surface area (Å²) in [5.74, 6) is 0.210. The number of esters is 1. The molecule has 0 spiro atoms. The molecule has 0 saturated carbocycles. The number of carbonyl (C=O) groups excluding carboxylic acids is 2. The van der Waals surface area contributed by atoms with Gasteiger partial charge in [0.15, 0.2) is 12.1 Å². The maximum absolute atomic E-state index is 13.5. The second-order valence-electron chi connectivity index (χ2n) is 9.46. The van der Waals surface area contributed by atoms with E-state index in [2.05, 4.69) is 10.3 Å². The van der Waals surface area contributed by atoms with Crippen LogP contribution in [0.4, 0.5) is 5.69 Å². The van der Waals surface area contributed by atoms with E-state index in [1.807, 2.05) is 60.7 Å². The Morgan fingerprint density at radius 3 is 2.26 bits per heavy atom. The van der Waals surface area contributed by atoms with E-state index in [1.165, 1.54) is 0 Å². The van der Waals surface area contributed by atoms with Gasteiger partial charge < -0.3 is 14.5 Å². The maximum atomic E-state index is 13.5. The lowest BCUT2D eigenvalue weighted by atomic mass is 9.82. The fraction of sp³-hybridized carbons (Fsp3) is 0.321. The smallest absolute Gasteiger partial charge is 0.333 e. The molecular weight excluding hydrogens is 426 g/mol. The second-order valence-corrected chi connectivity index (χ2v) is 9.46. The number of nitrogens with zero attached hydrogens (tertiary/aromatic N) is 2. The van der Waals surface area contributed by atoms with Gasteiger partial charge in [-0.15, -0.1) is 0 Å². The van der Waals surface area contributed by atoms with E-state index in [-0.39, 0.29) is 17.9 Å². The Balaban J connectivity index is 1.31. The van der Waals surface area contributed by atoms with Crippen LogP contribution in [0, 0.1) is 5.92 Å². The van der Waals surface area contributed by atoms with Crippen molar-refractivity contribution in [3.63, 3.8) is 0 Å². The Morgan fingerprint density at radius 1 is 0.941 bits per heavy atom. The third-order valence-electron chi connectivity index (χ3n) is 7.24. The van der Waals surface area contributed by atoms with Crippen molar-refractivity contribution in [3.8, 4) is 0 Å². The molecule has 3 saturated heterocycles. The molecule has 2 bridgehead atoms. The second kappa shape index (κ2) is 9.77. The van der Waals surface area contributed by atoms with Crippen LogP contribution in [0.15, 0.2) is 85.2 Å². The number of ether oxygens (including phenoxy) is 1. The van der Waals surface area contributed by atoms with Crippen LogP contribution in [0.25, 0.3) is 0 Å². The van der Waals surface area contributed by atoms with Crippen LogP contribution in [-0.4, -0.2) is 53.5 Å². The van der Waals surface area contributed by atoms with Crippen LogP contribution in [0.5, 0.6) is 0 Å². The molecule has 6 rings (SSSR count). The van der Waals surface area contributed by atoms with Gasteiger partial charge in [-0.3, -0.25) is 9.78 Å². The van der Waals surface area contributed by atoms with Crippen LogP contribution < -0.4 is 5.32 Å². The molecule has 0 aliphatic carbocycles. The Morgan fingerprint density at radius 2 is 1.59 bits per heavy atom. The molecule has 0 amide bonds. The molecule has 3 aliphatic rings. The van der Waals surface area contributed by atoms with E-state index in [0.717, 1.165) is 37.2 Å². The van der Waals surface area contributed by atoms with Crippen LogP contribution in [0.2, 0.25) is 0 Å². The third kappa shape index (κ3) is 4.87. The summed E-state index contributed by atoms with van der Waals surface area (Å²) in [5.41, 5.74) is 2.43. The lowest BCUT2D eigenvalue weighted by Crippen LogP contribution is -2.65. The molecule has 34 heavy (non-hydrogen) atoms. The van der Waals surface area contributed by atoms with Gasteiger partial charge in [-0.2, -0.15) is 0 Å². The Labute approximate surface area is 200 Å². The number of rotatable bonds is 8. The van der Waals surface area contributed by atoms with E-state index in [4.69, 9.17) is 4.74 Å². The Kier molecular flexibility index (Phi) is 6.41. The molecule has 6 heteroatoms. The summed E-state index contributed by atoms with van der Waals surface area (Å²) in [7, 11) is 0. The van der Waals surface area contributed by atoms with Crippen molar-refractivity contribution in [1.29, 1.82) is 0 Å². The number of pyridine rings is 1. The molecule has 3 aromatic rings. The fourth-order valence-corrected chi connectivity index (χ4v) is 5.35. The van der Waals surface area contributed by atoms with E-state index in [1.54, 1.807) is 24.5 Å². The highest BCUT2D eigenvalue weighted by Crippen LogP contribution is 2.36. The number of piperidine rings is 3. The molecule has 174 valence electrons. The zero-order chi connectivity index (χ0) is 23.4. The molecule has 1 N–H and O–H groups in total. The van der Waals surface area contributed by atoms with Gasteiger partial charge in [0.05, 0.1) is 13.1 Å². The van der Waals surface area contributed by atoms with E-state index < -0.39 is 6.04 Å². The summed E-state index contributed by atoms with van der Waals surface area (Å²) in [6.45, 7) is 3.05. The molecule has 0 radical (unpaired) electrons. The number of hydrogen-bond donors (Lipinski definition) is 1. The van der Waals surface area contributed by atoms with Crippen molar-refractivity contribution in [2.45, 2.75) is 25.0 Å². The first-order chi connectivity index (χ1) is 16.6. The first-order valence-corrected chi connectivity index (χ1v) is 12.0. The molecule has 3 fully saturated rings. The third-order valence-corrected chi connectivity index (χ3v) is 7.24. The summed E-state index contributed by atoms with van der Waals surface area (Å²) in [6.07, 6.45) is 5.09. The van der Waals surface area contributed by atoms with Gasteiger partial charge in [0.1, 0.15) is 13.1 Å². The van der Waals surface area contributed by atoms with Gasteiger partial charge in [-0.05, 0) is 29.8 Å². The maximum Gasteiger partial charge on any atom is 0.333 e. The highest BCUT2D eigenvalue weighted by Gasteiger charge is 2.49. The predicted octanol–water partition coefficient (Wildman–Crippen LogP) is 4.27. The number of carbonyl (C=O) groups is 2. The molecular formula is C28H30N3O3+. The Hall–Kier alpha value is -3.51. The average molecular weight is 457 g/mol. The van der Waals surface area contributed by atoms with Crippen molar-refractivity contribution >= 4 is 17.4 Å². The van der Waals surface area contributed by atoms with Crippen LogP contribution in [0.1, 0.15) is 34.8 Å². The minimum absolute atomic E-state index is 0.126. The van der Waals surface area contributed by atoms with Crippen molar-refractivity contribution in [2.75, 3.05) is 31.5 Å². The lowest BCUT2D eigenvalue weighted by Gasteiger charge is -2.51. The molecule has 1 aromatic heterocycles. The zero-order valence-corrected chi connectivity index (χ0v) is 19.2. The van der Waals surface area contributed by atoms with Gasteiger partial charge in [0, 0.05) is 42.4 Å². The number of anilines is 1. The summed E-state index contributed by atoms with van der Waals surface area (Å²) in [4.78, 5) is 30.4. The van der Waals surface area contributed by atoms with Gasteiger partial charge in [-0.25, -0.2) is 4.79 Å². The minimum atomic E-state index is -0.592. The largest absolute Gasteiger partial charge is 0.454 e. The number of quaternary nitrogens is 1. The predicted molar refractivity (Wildman–Crippen MR) is 130 cm³/mol. The quantitative estimate of drug-likeness (QED) is 0.312. The molecule has 4 heterocycles. The number of ketones is 1. The molecule has 2 atom stereocenters. The van der Waals surface area contributed by atoms with Gasteiger partial charge in [-0.1, -0.05) is 48.5 Å². The van der Waals surface area contributed by atoms with E-state index in [0.29, 0.717) is 29.1 Å².